The van der Waals surface area contributed by atoms with Crippen LogP contribution in [0.3, 0.4) is 0 Å². The fourth-order valence-electron chi connectivity index (χ4n) is 1.82. The number of benzene rings is 1. The average Bonchev–Trinajstić information content (AvgIpc) is 2.38. The number of halogens is 1. The summed E-state index contributed by atoms with van der Waals surface area (Å²) in [7, 11) is 0. The van der Waals surface area contributed by atoms with Gasteiger partial charge in [0, 0.05) is 17.6 Å². The summed E-state index contributed by atoms with van der Waals surface area (Å²) in [5.41, 5.74) is 0. The number of rotatable bonds is 6. The van der Waals surface area contributed by atoms with Gasteiger partial charge in [-0.2, -0.15) is 5.26 Å². The summed E-state index contributed by atoms with van der Waals surface area (Å²) in [4.78, 5) is 14.0. The summed E-state index contributed by atoms with van der Waals surface area (Å²) >= 11 is 5.88. The normalized spacial score (nSPS) is 11.8. The van der Waals surface area contributed by atoms with Gasteiger partial charge in [0.2, 0.25) is 0 Å². The molecular weight excluding hydrogens is 276 g/mol. The number of nitrogens with zero attached hydrogens (tertiary/aromatic N) is 2. The summed E-state index contributed by atoms with van der Waals surface area (Å²) < 4.78 is 5.61. The van der Waals surface area contributed by atoms with Crippen LogP contribution in [0.4, 0.5) is 0 Å². The average molecular weight is 295 g/mol. The van der Waals surface area contributed by atoms with Gasteiger partial charge in [-0.1, -0.05) is 17.7 Å². The van der Waals surface area contributed by atoms with E-state index < -0.39 is 6.10 Å². The van der Waals surface area contributed by atoms with Gasteiger partial charge >= 0.3 is 0 Å². The van der Waals surface area contributed by atoms with Crippen LogP contribution in [0.1, 0.15) is 27.2 Å². The van der Waals surface area contributed by atoms with Crippen molar-refractivity contribution < 1.29 is 9.53 Å². The van der Waals surface area contributed by atoms with Crippen molar-refractivity contribution in [3.05, 3.63) is 29.3 Å². The molecule has 0 aliphatic heterocycles. The van der Waals surface area contributed by atoms with Gasteiger partial charge in [0.1, 0.15) is 5.75 Å². The molecule has 0 aliphatic rings. The van der Waals surface area contributed by atoms with Crippen molar-refractivity contribution in [1.82, 2.24) is 4.90 Å². The molecule has 1 unspecified atom stereocenters. The predicted molar refractivity (Wildman–Crippen MR) is 78.6 cm³/mol. The van der Waals surface area contributed by atoms with E-state index in [1.54, 1.807) is 36.1 Å². The van der Waals surface area contributed by atoms with Gasteiger partial charge in [-0.3, -0.25) is 4.79 Å². The summed E-state index contributed by atoms with van der Waals surface area (Å²) in [5, 5.41) is 9.21. The van der Waals surface area contributed by atoms with Crippen molar-refractivity contribution in [2.45, 2.75) is 39.3 Å². The largest absolute Gasteiger partial charge is 0.481 e. The molecule has 0 aliphatic carbocycles. The van der Waals surface area contributed by atoms with E-state index in [1.165, 1.54) is 0 Å². The van der Waals surface area contributed by atoms with E-state index >= 15 is 0 Å². The van der Waals surface area contributed by atoms with Gasteiger partial charge in [-0.25, -0.2) is 0 Å². The lowest BCUT2D eigenvalue weighted by Crippen LogP contribution is -2.44. The van der Waals surface area contributed by atoms with E-state index in [0.29, 0.717) is 23.7 Å². The zero-order valence-electron chi connectivity index (χ0n) is 12.0. The third-order valence-electron chi connectivity index (χ3n) is 2.83. The lowest BCUT2D eigenvalue weighted by molar-refractivity contribution is -0.139. The first-order chi connectivity index (χ1) is 9.45. The fourth-order valence-corrected chi connectivity index (χ4v) is 2.00. The van der Waals surface area contributed by atoms with Crippen molar-refractivity contribution in [1.29, 1.82) is 5.26 Å². The Bertz CT molecular complexity index is 497. The molecule has 0 heterocycles. The van der Waals surface area contributed by atoms with Gasteiger partial charge in [0.05, 0.1) is 12.5 Å². The van der Waals surface area contributed by atoms with E-state index in [9.17, 15) is 4.79 Å². The van der Waals surface area contributed by atoms with Crippen LogP contribution in [0.25, 0.3) is 0 Å². The van der Waals surface area contributed by atoms with Gasteiger partial charge < -0.3 is 9.64 Å². The minimum atomic E-state index is -0.616. The summed E-state index contributed by atoms with van der Waals surface area (Å²) in [5.74, 6) is 0.428. The smallest absolute Gasteiger partial charge is 0.263 e. The molecular formula is C15H19ClN2O2. The Hall–Kier alpha value is -1.73. The topological polar surface area (TPSA) is 53.3 Å². The molecule has 108 valence electrons. The zero-order valence-corrected chi connectivity index (χ0v) is 12.7. The van der Waals surface area contributed by atoms with Crippen LogP contribution < -0.4 is 4.74 Å². The Kier molecular flexibility index (Phi) is 6.33. The van der Waals surface area contributed by atoms with Crippen molar-refractivity contribution in [2.75, 3.05) is 6.54 Å². The first kappa shape index (κ1) is 16.3. The molecule has 0 radical (unpaired) electrons. The minimum Gasteiger partial charge on any atom is -0.481 e. The molecule has 20 heavy (non-hydrogen) atoms. The molecule has 0 spiro atoms. The van der Waals surface area contributed by atoms with E-state index in [1.807, 2.05) is 13.8 Å². The van der Waals surface area contributed by atoms with Crippen molar-refractivity contribution in [3.63, 3.8) is 0 Å². The molecule has 1 atom stereocenters. The summed E-state index contributed by atoms with van der Waals surface area (Å²) in [6, 6.07) is 9.02. The first-order valence-electron chi connectivity index (χ1n) is 6.55. The molecule has 4 nitrogen and oxygen atoms in total. The Labute approximate surface area is 124 Å². The van der Waals surface area contributed by atoms with Gasteiger partial charge in [0.25, 0.3) is 5.91 Å². The van der Waals surface area contributed by atoms with Crippen LogP contribution in [0.5, 0.6) is 5.75 Å². The van der Waals surface area contributed by atoms with Crippen molar-refractivity contribution >= 4 is 17.5 Å². The second kappa shape index (κ2) is 7.76. The number of amides is 1. The molecule has 1 aromatic carbocycles. The number of ether oxygens (including phenoxy) is 1. The molecule has 0 N–H and O–H groups in total. The Morgan fingerprint density at radius 1 is 1.45 bits per heavy atom. The van der Waals surface area contributed by atoms with Gasteiger partial charge in [-0.05, 0) is 39.0 Å². The molecule has 5 heteroatoms. The highest BCUT2D eigenvalue weighted by atomic mass is 35.5. The molecule has 1 rings (SSSR count). The molecule has 0 saturated carbocycles. The third-order valence-corrected chi connectivity index (χ3v) is 3.06. The monoisotopic (exact) mass is 294 g/mol. The molecule has 0 saturated heterocycles. The quantitative estimate of drug-likeness (QED) is 0.809. The Balaban J connectivity index is 2.71. The van der Waals surface area contributed by atoms with Crippen molar-refractivity contribution in [2.24, 2.45) is 0 Å². The SMILES string of the molecule is CC(Oc1cccc(Cl)c1)C(=O)N(CCC#N)C(C)C. The summed E-state index contributed by atoms with van der Waals surface area (Å²) in [6.45, 7) is 5.95. The van der Waals surface area contributed by atoms with Crippen LogP contribution in [0.2, 0.25) is 5.02 Å². The van der Waals surface area contributed by atoms with Crippen LogP contribution in [0, 0.1) is 11.3 Å². The number of carbonyl (C=O) groups excluding carboxylic acids is 1. The lowest BCUT2D eigenvalue weighted by atomic mass is 10.2. The van der Waals surface area contributed by atoms with E-state index in [4.69, 9.17) is 21.6 Å². The summed E-state index contributed by atoms with van der Waals surface area (Å²) in [6.07, 6.45) is -0.303. The van der Waals surface area contributed by atoms with Crippen LogP contribution in [-0.4, -0.2) is 29.5 Å². The number of hydrogen-bond donors (Lipinski definition) is 0. The maximum atomic E-state index is 12.3. The molecule has 1 amide bonds. The zero-order chi connectivity index (χ0) is 15.1. The maximum absolute atomic E-state index is 12.3. The number of hydrogen-bond acceptors (Lipinski definition) is 3. The molecule has 0 aromatic heterocycles. The van der Waals surface area contributed by atoms with Crippen LogP contribution in [-0.2, 0) is 4.79 Å². The van der Waals surface area contributed by atoms with Gasteiger partial charge in [-0.15, -0.1) is 0 Å². The lowest BCUT2D eigenvalue weighted by Gasteiger charge is -2.28. The number of nitriles is 1. The number of carbonyl (C=O) groups is 1. The molecule has 0 bridgehead atoms. The van der Waals surface area contributed by atoms with Crippen LogP contribution in [0.15, 0.2) is 24.3 Å². The van der Waals surface area contributed by atoms with Gasteiger partial charge in [0.15, 0.2) is 6.10 Å². The predicted octanol–water partition coefficient (Wildman–Crippen LogP) is 3.26. The first-order valence-corrected chi connectivity index (χ1v) is 6.93. The third kappa shape index (κ3) is 4.75. The Morgan fingerprint density at radius 2 is 2.15 bits per heavy atom. The maximum Gasteiger partial charge on any atom is 0.263 e. The minimum absolute atomic E-state index is 0.0289. The van der Waals surface area contributed by atoms with E-state index in [-0.39, 0.29) is 11.9 Å². The Morgan fingerprint density at radius 3 is 2.70 bits per heavy atom. The highest BCUT2D eigenvalue weighted by Crippen LogP contribution is 2.19. The van der Waals surface area contributed by atoms with E-state index in [2.05, 4.69) is 6.07 Å². The fraction of sp³-hybridized carbons (Fsp3) is 0.467. The second-order valence-corrected chi connectivity index (χ2v) is 5.19. The highest BCUT2D eigenvalue weighted by Gasteiger charge is 2.23. The van der Waals surface area contributed by atoms with Crippen LogP contribution >= 0.6 is 11.6 Å². The van der Waals surface area contributed by atoms with Crippen molar-refractivity contribution in [3.8, 4) is 11.8 Å². The molecule has 0 fully saturated rings. The molecule has 1 aromatic rings. The second-order valence-electron chi connectivity index (χ2n) is 4.75. The van der Waals surface area contributed by atoms with E-state index in [0.717, 1.165) is 0 Å². The highest BCUT2D eigenvalue weighted by molar-refractivity contribution is 6.30. The standard InChI is InChI=1S/C15H19ClN2O2/c1-11(2)18(9-5-8-17)15(19)12(3)20-14-7-4-6-13(16)10-14/h4,6-7,10-12H,5,9H2,1-3H3.